The number of likely N-dealkylation sites (N-methyl/N-ethyl adjacent to an activating group) is 1. The van der Waals surface area contributed by atoms with E-state index in [9.17, 15) is 5.11 Å². The van der Waals surface area contributed by atoms with Gasteiger partial charge < -0.3 is 9.84 Å². The summed E-state index contributed by atoms with van der Waals surface area (Å²) >= 11 is 0. The van der Waals surface area contributed by atoms with E-state index in [2.05, 4.69) is 44.0 Å². The summed E-state index contributed by atoms with van der Waals surface area (Å²) < 4.78 is 5.65. The van der Waals surface area contributed by atoms with Gasteiger partial charge >= 0.3 is 0 Å². The largest absolute Gasteiger partial charge is 0.389 e. The van der Waals surface area contributed by atoms with E-state index in [-0.39, 0.29) is 0 Å². The molecule has 1 N–H and O–H groups in total. The molecule has 110 valence electrons. The van der Waals surface area contributed by atoms with E-state index < -0.39 is 5.60 Å². The lowest BCUT2D eigenvalue weighted by Gasteiger charge is -2.50. The van der Waals surface area contributed by atoms with Crippen molar-refractivity contribution in [1.82, 2.24) is 4.90 Å². The lowest BCUT2D eigenvalue weighted by Crippen LogP contribution is -2.60. The van der Waals surface area contributed by atoms with Gasteiger partial charge in [-0.3, -0.25) is 4.90 Å². The van der Waals surface area contributed by atoms with Gasteiger partial charge in [-0.2, -0.15) is 0 Å². The molecule has 0 aliphatic carbocycles. The minimum atomic E-state index is -0.581. The number of piperidine rings is 1. The summed E-state index contributed by atoms with van der Waals surface area (Å²) in [4.78, 5) is 2.39. The highest BCUT2D eigenvalue weighted by atomic mass is 16.5. The predicted molar refractivity (Wildman–Crippen MR) is 80.0 cm³/mol. The summed E-state index contributed by atoms with van der Waals surface area (Å²) in [5, 5.41) is 11.1. The second kappa shape index (κ2) is 5.14. The Labute approximate surface area is 121 Å². The normalized spacial score (nSPS) is 34.2. The fraction of sp³-hybridized carbons (Fsp3) is 0.647. The molecular formula is C17H25NO2. The van der Waals surface area contributed by atoms with Crippen molar-refractivity contribution >= 4 is 0 Å². The van der Waals surface area contributed by atoms with E-state index in [1.807, 2.05) is 0 Å². The third-order valence-electron chi connectivity index (χ3n) is 5.15. The van der Waals surface area contributed by atoms with Gasteiger partial charge in [0.25, 0.3) is 0 Å². The molecule has 1 aromatic rings. The topological polar surface area (TPSA) is 32.7 Å². The molecule has 2 atom stereocenters. The number of rotatable bonds is 2. The predicted octanol–water partition coefficient (Wildman–Crippen LogP) is 2.07. The minimum Gasteiger partial charge on any atom is -0.389 e. The molecule has 2 saturated heterocycles. The lowest BCUT2D eigenvalue weighted by molar-refractivity contribution is -0.133. The van der Waals surface area contributed by atoms with Gasteiger partial charge in [-0.1, -0.05) is 18.2 Å². The summed E-state index contributed by atoms with van der Waals surface area (Å²) in [6, 6.07) is 7.10. The van der Waals surface area contributed by atoms with Crippen LogP contribution in [0.5, 0.6) is 0 Å². The van der Waals surface area contributed by atoms with Crippen LogP contribution in [0.25, 0.3) is 0 Å². The molecule has 2 aliphatic rings. The number of fused-ring (bicyclic) bond motifs is 2. The minimum absolute atomic E-state index is 0.358. The maximum Gasteiger partial charge on any atom is 0.0719 e. The molecule has 2 aliphatic heterocycles. The van der Waals surface area contributed by atoms with Gasteiger partial charge in [0.1, 0.15) is 0 Å². The third kappa shape index (κ3) is 2.50. The molecule has 0 aromatic heterocycles. The zero-order valence-electron chi connectivity index (χ0n) is 12.7. The van der Waals surface area contributed by atoms with Gasteiger partial charge in [-0.15, -0.1) is 0 Å². The molecule has 2 unspecified atom stereocenters. The van der Waals surface area contributed by atoms with Crippen LogP contribution in [0.15, 0.2) is 18.2 Å². The number of hydrogen-bond donors (Lipinski definition) is 1. The Balaban J connectivity index is 1.83. The zero-order valence-corrected chi connectivity index (χ0v) is 12.7. The van der Waals surface area contributed by atoms with Crippen molar-refractivity contribution in [3.63, 3.8) is 0 Å². The van der Waals surface area contributed by atoms with Crippen LogP contribution in [0.4, 0.5) is 0 Å². The average Bonchev–Trinajstić information content (AvgIpc) is 2.37. The first-order chi connectivity index (χ1) is 9.48. The Bertz CT molecular complexity index is 466. The van der Waals surface area contributed by atoms with Crippen molar-refractivity contribution in [2.75, 3.05) is 20.3 Å². The Morgan fingerprint density at radius 3 is 2.30 bits per heavy atom. The lowest BCUT2D eigenvalue weighted by atomic mass is 9.76. The van der Waals surface area contributed by atoms with E-state index in [4.69, 9.17) is 4.74 Å². The number of nitrogens with zero attached hydrogens (tertiary/aromatic N) is 1. The van der Waals surface area contributed by atoms with Crippen molar-refractivity contribution in [1.29, 1.82) is 0 Å². The smallest absolute Gasteiger partial charge is 0.0719 e. The molecule has 3 heteroatoms. The Morgan fingerprint density at radius 1 is 1.20 bits per heavy atom. The zero-order chi connectivity index (χ0) is 14.3. The molecule has 0 spiro atoms. The molecule has 2 bridgehead atoms. The quantitative estimate of drug-likeness (QED) is 0.897. The number of morpholine rings is 1. The average molecular weight is 275 g/mol. The molecule has 0 radical (unpaired) electrons. The van der Waals surface area contributed by atoms with Crippen LogP contribution >= 0.6 is 0 Å². The standard InChI is InChI=1S/C17H25NO2/c1-12-5-4-6-13(2)16(12)9-17(19)7-14-10-20-11-15(8-17)18(14)3/h4-6,14-15,19H,7-11H2,1-3H3. The van der Waals surface area contributed by atoms with Crippen LogP contribution in [0, 0.1) is 13.8 Å². The van der Waals surface area contributed by atoms with E-state index in [0.29, 0.717) is 12.1 Å². The van der Waals surface area contributed by atoms with Crippen molar-refractivity contribution < 1.29 is 9.84 Å². The molecular weight excluding hydrogens is 250 g/mol. The third-order valence-corrected chi connectivity index (χ3v) is 5.15. The molecule has 3 rings (SSSR count). The van der Waals surface area contributed by atoms with Gasteiger partial charge in [0.15, 0.2) is 0 Å². The first kappa shape index (κ1) is 14.1. The van der Waals surface area contributed by atoms with E-state index >= 15 is 0 Å². The van der Waals surface area contributed by atoms with Crippen LogP contribution in [-0.2, 0) is 11.2 Å². The van der Waals surface area contributed by atoms with Crippen LogP contribution in [-0.4, -0.2) is 48.0 Å². The second-order valence-corrected chi connectivity index (χ2v) is 6.69. The maximum absolute atomic E-state index is 11.1. The molecule has 2 fully saturated rings. The Morgan fingerprint density at radius 2 is 1.75 bits per heavy atom. The number of benzene rings is 1. The highest BCUT2D eigenvalue weighted by Gasteiger charge is 2.44. The van der Waals surface area contributed by atoms with Crippen LogP contribution in [0.2, 0.25) is 0 Å². The molecule has 20 heavy (non-hydrogen) atoms. The molecule has 3 nitrogen and oxygen atoms in total. The molecule has 2 heterocycles. The molecule has 0 saturated carbocycles. The summed E-state index contributed by atoms with van der Waals surface area (Å²) in [5.74, 6) is 0. The monoisotopic (exact) mass is 275 g/mol. The van der Waals surface area contributed by atoms with Crippen LogP contribution in [0.3, 0.4) is 0 Å². The van der Waals surface area contributed by atoms with Gasteiger partial charge in [0.2, 0.25) is 0 Å². The highest BCUT2D eigenvalue weighted by molar-refractivity contribution is 5.35. The first-order valence-electron chi connectivity index (χ1n) is 7.56. The van der Waals surface area contributed by atoms with Gasteiger partial charge in [0.05, 0.1) is 18.8 Å². The SMILES string of the molecule is Cc1cccc(C)c1CC1(O)CC2COCC(C1)N2C. The molecule has 0 amide bonds. The van der Waals surface area contributed by atoms with Crippen LogP contribution in [0.1, 0.15) is 29.5 Å². The fourth-order valence-electron chi connectivity index (χ4n) is 3.84. The second-order valence-electron chi connectivity index (χ2n) is 6.69. The number of aliphatic hydroxyl groups is 1. The fourth-order valence-corrected chi connectivity index (χ4v) is 3.84. The number of ether oxygens (including phenoxy) is 1. The summed E-state index contributed by atoms with van der Waals surface area (Å²) in [6.07, 6.45) is 2.40. The molecule has 1 aromatic carbocycles. The van der Waals surface area contributed by atoms with Gasteiger partial charge in [-0.25, -0.2) is 0 Å². The summed E-state index contributed by atoms with van der Waals surface area (Å²) in [7, 11) is 2.16. The Kier molecular flexibility index (Phi) is 3.61. The Hall–Kier alpha value is -0.900. The van der Waals surface area contributed by atoms with E-state index in [1.54, 1.807) is 0 Å². The van der Waals surface area contributed by atoms with Crippen molar-refractivity contribution in [3.8, 4) is 0 Å². The number of aryl methyl sites for hydroxylation is 2. The summed E-state index contributed by atoms with van der Waals surface area (Å²) in [6.45, 7) is 5.79. The highest BCUT2D eigenvalue weighted by Crippen LogP contribution is 2.36. The summed E-state index contributed by atoms with van der Waals surface area (Å²) in [5.41, 5.74) is 3.32. The van der Waals surface area contributed by atoms with Crippen molar-refractivity contribution in [2.24, 2.45) is 0 Å². The van der Waals surface area contributed by atoms with Gasteiger partial charge in [0, 0.05) is 18.5 Å². The van der Waals surface area contributed by atoms with Crippen LogP contribution < -0.4 is 0 Å². The number of hydrogen-bond acceptors (Lipinski definition) is 3. The maximum atomic E-state index is 11.1. The van der Waals surface area contributed by atoms with Crippen molar-refractivity contribution in [2.45, 2.75) is 50.8 Å². The van der Waals surface area contributed by atoms with Gasteiger partial charge in [-0.05, 0) is 50.4 Å². The van der Waals surface area contributed by atoms with Crippen molar-refractivity contribution in [3.05, 3.63) is 34.9 Å². The van der Waals surface area contributed by atoms with E-state index in [1.165, 1.54) is 16.7 Å². The first-order valence-corrected chi connectivity index (χ1v) is 7.56. The van der Waals surface area contributed by atoms with E-state index in [0.717, 1.165) is 32.5 Å².